The van der Waals surface area contributed by atoms with Crippen LogP contribution in [0.1, 0.15) is 12.0 Å². The van der Waals surface area contributed by atoms with E-state index in [1.165, 1.54) is 17.7 Å². The average Bonchev–Trinajstić information content (AvgIpc) is 2.55. The number of carbonyl (C=O) groups excluding carboxylic acids is 1. The molecule has 0 saturated heterocycles. The molecule has 0 saturated carbocycles. The number of carbonyl (C=O) groups is 1. The van der Waals surface area contributed by atoms with Crippen molar-refractivity contribution in [3.8, 4) is 0 Å². The highest BCUT2D eigenvalue weighted by atomic mass is 32.2. The zero-order valence-corrected chi connectivity index (χ0v) is 13.4. The number of benzene rings is 2. The van der Waals surface area contributed by atoms with Gasteiger partial charge in [-0.3, -0.25) is 14.9 Å². The van der Waals surface area contributed by atoms with Crippen LogP contribution in [0.3, 0.4) is 0 Å². The van der Waals surface area contributed by atoms with Gasteiger partial charge in [0.15, 0.2) is 0 Å². The minimum absolute atomic E-state index is 0.0293. The van der Waals surface area contributed by atoms with Gasteiger partial charge in [-0.2, -0.15) is 11.8 Å². The van der Waals surface area contributed by atoms with Gasteiger partial charge in [-0.15, -0.1) is 0 Å². The first-order valence-corrected chi connectivity index (χ1v) is 8.46. The summed E-state index contributed by atoms with van der Waals surface area (Å²) in [5, 5.41) is 13.4. The van der Waals surface area contributed by atoms with E-state index in [2.05, 4.69) is 17.4 Å². The van der Waals surface area contributed by atoms with Crippen molar-refractivity contribution in [3.05, 3.63) is 70.3 Å². The smallest absolute Gasteiger partial charge is 0.271 e. The first-order valence-electron chi connectivity index (χ1n) is 7.31. The Hall–Kier alpha value is -2.34. The lowest BCUT2D eigenvalue weighted by molar-refractivity contribution is -0.384. The highest BCUT2D eigenvalue weighted by molar-refractivity contribution is 7.99. The molecule has 0 aromatic heterocycles. The fourth-order valence-electron chi connectivity index (χ4n) is 2.08. The zero-order chi connectivity index (χ0) is 16.5. The van der Waals surface area contributed by atoms with Crippen molar-refractivity contribution < 1.29 is 9.72 Å². The molecule has 2 aromatic carbocycles. The maximum absolute atomic E-state index is 11.8. The molecule has 2 aromatic rings. The third-order valence-electron chi connectivity index (χ3n) is 3.17. The molecule has 6 heteroatoms. The monoisotopic (exact) mass is 330 g/mol. The van der Waals surface area contributed by atoms with E-state index in [-0.39, 0.29) is 11.6 Å². The molecule has 0 bridgehead atoms. The molecule has 0 radical (unpaired) electrons. The highest BCUT2D eigenvalue weighted by Gasteiger charge is 2.08. The Morgan fingerprint density at radius 1 is 1.13 bits per heavy atom. The minimum atomic E-state index is -0.478. The summed E-state index contributed by atoms with van der Waals surface area (Å²) in [5.74, 6) is 1.10. The van der Waals surface area contributed by atoms with Crippen molar-refractivity contribution in [3.63, 3.8) is 0 Å². The number of nitrogens with one attached hydrogen (secondary N) is 1. The SMILES string of the molecule is O=C(CSCCCc1ccccc1)Nc1cccc([N+](=O)[O-])c1. The van der Waals surface area contributed by atoms with Gasteiger partial charge in [0.2, 0.25) is 5.91 Å². The fraction of sp³-hybridized carbons (Fsp3) is 0.235. The van der Waals surface area contributed by atoms with Gasteiger partial charge in [0, 0.05) is 17.8 Å². The molecular weight excluding hydrogens is 312 g/mol. The van der Waals surface area contributed by atoms with Crippen molar-refractivity contribution in [2.75, 3.05) is 16.8 Å². The first-order chi connectivity index (χ1) is 11.1. The third-order valence-corrected chi connectivity index (χ3v) is 4.21. The quantitative estimate of drug-likeness (QED) is 0.453. The Balaban J connectivity index is 1.67. The zero-order valence-electron chi connectivity index (χ0n) is 12.6. The number of rotatable bonds is 8. The Labute approximate surface area is 139 Å². The molecule has 1 amide bonds. The standard InChI is InChI=1S/C17H18N2O3S/c20-17(18-15-9-4-10-16(12-15)19(21)22)13-23-11-5-8-14-6-2-1-3-7-14/h1-4,6-7,9-10,12H,5,8,11,13H2,(H,18,20). The number of nitrogens with zero attached hydrogens (tertiary/aromatic N) is 1. The van der Waals surface area contributed by atoms with Gasteiger partial charge in [-0.05, 0) is 30.2 Å². The molecule has 120 valence electrons. The van der Waals surface area contributed by atoms with E-state index >= 15 is 0 Å². The van der Waals surface area contributed by atoms with E-state index < -0.39 is 4.92 Å². The Morgan fingerprint density at radius 3 is 2.65 bits per heavy atom. The predicted octanol–water partition coefficient (Wildman–Crippen LogP) is 3.90. The van der Waals surface area contributed by atoms with Gasteiger partial charge in [0.25, 0.3) is 5.69 Å². The van der Waals surface area contributed by atoms with Crippen molar-refractivity contribution in [2.24, 2.45) is 0 Å². The van der Waals surface area contributed by atoms with E-state index in [4.69, 9.17) is 0 Å². The first kappa shape index (κ1) is 17.0. The molecule has 0 spiro atoms. The summed E-state index contributed by atoms with van der Waals surface area (Å²) >= 11 is 1.56. The number of anilines is 1. The summed E-state index contributed by atoms with van der Waals surface area (Å²) in [5.41, 5.74) is 1.72. The lowest BCUT2D eigenvalue weighted by Gasteiger charge is -2.05. The molecule has 5 nitrogen and oxygen atoms in total. The van der Waals surface area contributed by atoms with E-state index in [9.17, 15) is 14.9 Å². The molecule has 2 rings (SSSR count). The summed E-state index contributed by atoms with van der Waals surface area (Å²) in [6, 6.07) is 16.2. The van der Waals surface area contributed by atoms with Crippen LogP contribution in [0, 0.1) is 10.1 Å². The van der Waals surface area contributed by atoms with Crippen LogP contribution < -0.4 is 5.32 Å². The molecule has 0 fully saturated rings. The van der Waals surface area contributed by atoms with Crippen molar-refractivity contribution in [1.29, 1.82) is 0 Å². The summed E-state index contributed by atoms with van der Waals surface area (Å²) in [4.78, 5) is 22.0. The van der Waals surface area contributed by atoms with Crippen LogP contribution >= 0.6 is 11.8 Å². The Kier molecular flexibility index (Phi) is 6.62. The molecule has 1 N–H and O–H groups in total. The summed E-state index contributed by atoms with van der Waals surface area (Å²) < 4.78 is 0. The number of nitro groups is 1. The average molecular weight is 330 g/mol. The molecule has 0 aliphatic carbocycles. The van der Waals surface area contributed by atoms with Crippen LogP contribution in [0.25, 0.3) is 0 Å². The number of hydrogen-bond acceptors (Lipinski definition) is 4. The second kappa shape index (κ2) is 8.95. The van der Waals surface area contributed by atoms with Crippen LogP contribution in [-0.4, -0.2) is 22.3 Å². The van der Waals surface area contributed by atoms with Crippen molar-refractivity contribution in [1.82, 2.24) is 0 Å². The van der Waals surface area contributed by atoms with Gasteiger partial charge < -0.3 is 5.32 Å². The van der Waals surface area contributed by atoms with Gasteiger partial charge in [0.05, 0.1) is 10.7 Å². The van der Waals surface area contributed by atoms with E-state index in [0.29, 0.717) is 11.4 Å². The highest BCUT2D eigenvalue weighted by Crippen LogP contribution is 2.17. The van der Waals surface area contributed by atoms with Gasteiger partial charge >= 0.3 is 0 Å². The predicted molar refractivity (Wildman–Crippen MR) is 93.8 cm³/mol. The van der Waals surface area contributed by atoms with Crippen LogP contribution in [0.2, 0.25) is 0 Å². The number of aryl methyl sites for hydroxylation is 1. The number of amides is 1. The number of thioether (sulfide) groups is 1. The van der Waals surface area contributed by atoms with E-state index in [1.807, 2.05) is 18.2 Å². The lowest BCUT2D eigenvalue weighted by Crippen LogP contribution is -2.14. The van der Waals surface area contributed by atoms with Gasteiger partial charge in [-0.1, -0.05) is 36.4 Å². The molecule has 0 aliphatic heterocycles. The summed E-state index contributed by atoms with van der Waals surface area (Å²) in [6.07, 6.45) is 2.01. The van der Waals surface area contributed by atoms with Gasteiger partial charge in [-0.25, -0.2) is 0 Å². The summed E-state index contributed by atoms with van der Waals surface area (Å²) in [6.45, 7) is 0. The minimum Gasteiger partial charge on any atom is -0.325 e. The second-order valence-corrected chi connectivity index (χ2v) is 6.10. The number of nitro benzene ring substituents is 1. The summed E-state index contributed by atoms with van der Waals surface area (Å²) in [7, 11) is 0. The molecule has 0 heterocycles. The molecular formula is C17H18N2O3S. The van der Waals surface area contributed by atoms with Crippen LogP contribution in [0.4, 0.5) is 11.4 Å². The van der Waals surface area contributed by atoms with Crippen LogP contribution in [-0.2, 0) is 11.2 Å². The third kappa shape index (κ3) is 6.12. The molecule has 23 heavy (non-hydrogen) atoms. The number of non-ortho nitro benzene ring substituents is 1. The van der Waals surface area contributed by atoms with Crippen molar-refractivity contribution >= 4 is 29.0 Å². The topological polar surface area (TPSA) is 72.2 Å². The maximum Gasteiger partial charge on any atom is 0.271 e. The molecule has 0 atom stereocenters. The van der Waals surface area contributed by atoms with E-state index in [0.717, 1.165) is 18.6 Å². The molecule has 0 aliphatic rings. The fourth-order valence-corrected chi connectivity index (χ4v) is 2.83. The van der Waals surface area contributed by atoms with Crippen LogP contribution in [0.5, 0.6) is 0 Å². The Bertz CT molecular complexity index is 662. The lowest BCUT2D eigenvalue weighted by atomic mass is 10.1. The van der Waals surface area contributed by atoms with Gasteiger partial charge in [0.1, 0.15) is 0 Å². The van der Waals surface area contributed by atoms with Crippen LogP contribution in [0.15, 0.2) is 54.6 Å². The Morgan fingerprint density at radius 2 is 1.91 bits per heavy atom. The van der Waals surface area contributed by atoms with Crippen molar-refractivity contribution in [2.45, 2.75) is 12.8 Å². The largest absolute Gasteiger partial charge is 0.325 e. The molecule has 0 unspecified atom stereocenters. The van der Waals surface area contributed by atoms with E-state index in [1.54, 1.807) is 23.9 Å². The number of hydrogen-bond donors (Lipinski definition) is 1. The maximum atomic E-state index is 11.8. The second-order valence-electron chi connectivity index (χ2n) is 5.00. The normalized spacial score (nSPS) is 10.3.